The van der Waals surface area contributed by atoms with Gasteiger partial charge in [-0.3, -0.25) is 4.79 Å². The van der Waals surface area contributed by atoms with E-state index >= 15 is 0 Å². The van der Waals surface area contributed by atoms with Crippen LogP contribution in [0, 0.1) is 0 Å². The van der Waals surface area contributed by atoms with Gasteiger partial charge in [0, 0.05) is 12.1 Å². The van der Waals surface area contributed by atoms with Crippen molar-refractivity contribution in [1.29, 1.82) is 0 Å². The number of hydrogen-bond donors (Lipinski definition) is 0. The number of ether oxygens (including phenoxy) is 1. The number of amides is 1. The summed E-state index contributed by atoms with van der Waals surface area (Å²) in [5, 5.41) is 0.444. The fourth-order valence-electron chi connectivity index (χ4n) is 4.52. The van der Waals surface area contributed by atoms with Gasteiger partial charge in [-0.15, -0.1) is 0 Å². The van der Waals surface area contributed by atoms with Crippen LogP contribution in [0.5, 0.6) is 5.75 Å². The van der Waals surface area contributed by atoms with Crippen molar-refractivity contribution in [2.45, 2.75) is 44.2 Å². The van der Waals surface area contributed by atoms with E-state index in [9.17, 15) is 13.2 Å². The van der Waals surface area contributed by atoms with Crippen molar-refractivity contribution in [3.05, 3.63) is 53.6 Å². The number of benzene rings is 2. The molecule has 0 unspecified atom stereocenters. The van der Waals surface area contributed by atoms with Gasteiger partial charge in [0.1, 0.15) is 5.75 Å². The summed E-state index contributed by atoms with van der Waals surface area (Å²) >= 11 is 6.40. The Bertz CT molecular complexity index is 1000. The van der Waals surface area contributed by atoms with E-state index in [1.807, 2.05) is 42.5 Å². The molecule has 1 aliphatic carbocycles. The van der Waals surface area contributed by atoms with E-state index in [0.29, 0.717) is 17.2 Å². The van der Waals surface area contributed by atoms with Crippen LogP contribution in [0.3, 0.4) is 0 Å². The minimum Gasteiger partial charge on any atom is -0.482 e. The Kier molecular flexibility index (Phi) is 6.34. The summed E-state index contributed by atoms with van der Waals surface area (Å²) < 4.78 is 29.7. The Morgan fingerprint density at radius 2 is 1.73 bits per heavy atom. The van der Waals surface area contributed by atoms with Crippen molar-refractivity contribution in [2.24, 2.45) is 0 Å². The zero-order chi connectivity index (χ0) is 21.1. The molecule has 2 aliphatic rings. The molecule has 0 aromatic heterocycles. The van der Waals surface area contributed by atoms with E-state index < -0.39 is 9.84 Å². The van der Waals surface area contributed by atoms with E-state index in [4.69, 9.17) is 16.3 Å². The monoisotopic (exact) mass is 447 g/mol. The number of carbonyl (C=O) groups is 1. The van der Waals surface area contributed by atoms with Gasteiger partial charge in [0.15, 0.2) is 16.4 Å². The molecule has 5 nitrogen and oxygen atoms in total. The highest BCUT2D eigenvalue weighted by Gasteiger charge is 2.39. The Morgan fingerprint density at radius 3 is 2.37 bits per heavy atom. The fraction of sp³-hybridized carbons (Fsp3) is 0.435. The molecule has 0 spiro atoms. The summed E-state index contributed by atoms with van der Waals surface area (Å²) in [7, 11) is -3.06. The van der Waals surface area contributed by atoms with Crippen molar-refractivity contribution >= 4 is 27.3 Å². The molecule has 0 radical (unpaired) electrons. The lowest BCUT2D eigenvalue weighted by Crippen LogP contribution is -2.48. The summed E-state index contributed by atoms with van der Waals surface area (Å²) in [4.78, 5) is 14.9. The van der Waals surface area contributed by atoms with E-state index in [1.165, 1.54) is 0 Å². The van der Waals surface area contributed by atoms with Crippen molar-refractivity contribution in [1.82, 2.24) is 4.90 Å². The molecule has 1 aliphatic heterocycles. The summed E-state index contributed by atoms with van der Waals surface area (Å²) in [6.07, 6.45) is 4.50. The van der Waals surface area contributed by atoms with Gasteiger partial charge in [-0.1, -0.05) is 60.8 Å². The first-order valence-electron chi connectivity index (χ1n) is 10.4. The highest BCUT2D eigenvalue weighted by Crippen LogP contribution is 2.32. The molecule has 160 valence electrons. The largest absolute Gasteiger partial charge is 0.482 e. The molecule has 1 saturated carbocycles. The smallest absolute Gasteiger partial charge is 0.261 e. The highest BCUT2D eigenvalue weighted by atomic mass is 35.5. The normalized spacial score (nSPS) is 20.9. The summed E-state index contributed by atoms with van der Waals surface area (Å²) in [5.41, 5.74) is 2.03. The number of sulfone groups is 1. The number of carbonyl (C=O) groups excluding carboxylic acids is 1. The standard InChI is InChI=1S/C23H26ClNO4S/c24-21-14-18(17-6-2-1-3-7-17)10-11-22(21)29-15-23(26)25(19-8-4-5-9-19)20-12-13-30(27,28)16-20/h1-3,6-7,10-11,14,19-20H,4-5,8-9,12-13,15-16H2/t20-/m1/s1. The van der Waals surface area contributed by atoms with Gasteiger partial charge in [-0.05, 0) is 42.5 Å². The van der Waals surface area contributed by atoms with Crippen molar-refractivity contribution in [3.8, 4) is 16.9 Å². The summed E-state index contributed by atoms with van der Waals surface area (Å²) in [6, 6.07) is 15.3. The molecular formula is C23H26ClNO4S. The second kappa shape index (κ2) is 8.98. The van der Waals surface area contributed by atoms with Gasteiger partial charge in [-0.2, -0.15) is 0 Å². The third kappa shape index (κ3) is 4.81. The van der Waals surface area contributed by atoms with Crippen LogP contribution in [0.15, 0.2) is 48.5 Å². The molecule has 1 atom stereocenters. The molecule has 2 aromatic rings. The van der Waals surface area contributed by atoms with E-state index in [0.717, 1.165) is 36.8 Å². The number of nitrogens with zero attached hydrogens (tertiary/aromatic N) is 1. The van der Waals surface area contributed by atoms with E-state index in [2.05, 4.69) is 0 Å². The minimum absolute atomic E-state index is 0.0573. The molecule has 1 heterocycles. The number of halogens is 1. The molecule has 0 N–H and O–H groups in total. The third-order valence-corrected chi connectivity index (χ3v) is 8.04. The second-order valence-corrected chi connectivity index (χ2v) is 10.7. The van der Waals surface area contributed by atoms with Gasteiger partial charge in [0.25, 0.3) is 5.91 Å². The quantitative estimate of drug-likeness (QED) is 0.660. The van der Waals surface area contributed by atoms with Crippen molar-refractivity contribution in [2.75, 3.05) is 18.1 Å². The molecule has 0 bridgehead atoms. The Labute approximate surface area is 182 Å². The second-order valence-electron chi connectivity index (χ2n) is 8.10. The van der Waals surface area contributed by atoms with Crippen LogP contribution >= 0.6 is 11.6 Å². The first kappa shape index (κ1) is 21.2. The lowest BCUT2D eigenvalue weighted by molar-refractivity contribution is -0.137. The van der Waals surface area contributed by atoms with Gasteiger partial charge in [-0.25, -0.2) is 8.42 Å². The maximum Gasteiger partial charge on any atom is 0.261 e. The molecule has 30 heavy (non-hydrogen) atoms. The number of hydrogen-bond acceptors (Lipinski definition) is 4. The molecule has 7 heteroatoms. The fourth-order valence-corrected chi connectivity index (χ4v) is 6.47. The van der Waals surface area contributed by atoms with Crippen LogP contribution in [0.25, 0.3) is 11.1 Å². The molecule has 1 saturated heterocycles. The first-order valence-corrected chi connectivity index (χ1v) is 12.6. The maximum absolute atomic E-state index is 13.1. The first-order chi connectivity index (χ1) is 14.4. The highest BCUT2D eigenvalue weighted by molar-refractivity contribution is 7.91. The van der Waals surface area contributed by atoms with Crippen molar-refractivity contribution in [3.63, 3.8) is 0 Å². The molecule has 1 amide bonds. The SMILES string of the molecule is O=C(COc1ccc(-c2ccccc2)cc1Cl)N(C1CCCC1)[C@@H]1CCS(=O)(=O)C1. The van der Waals surface area contributed by atoms with Crippen LogP contribution in [-0.2, 0) is 14.6 Å². The molecule has 2 aromatic carbocycles. The van der Waals surface area contributed by atoms with Gasteiger partial charge in [0.2, 0.25) is 0 Å². The van der Waals surface area contributed by atoms with Gasteiger partial charge < -0.3 is 9.64 Å². The van der Waals surface area contributed by atoms with Crippen LogP contribution in [-0.4, -0.2) is 49.4 Å². The van der Waals surface area contributed by atoms with Crippen LogP contribution in [0.4, 0.5) is 0 Å². The minimum atomic E-state index is -3.06. The summed E-state index contributed by atoms with van der Waals surface area (Å²) in [6.45, 7) is -0.141. The van der Waals surface area contributed by atoms with Crippen LogP contribution in [0.2, 0.25) is 5.02 Å². The van der Waals surface area contributed by atoms with Crippen LogP contribution < -0.4 is 4.74 Å². The average Bonchev–Trinajstić information content (AvgIpc) is 3.38. The van der Waals surface area contributed by atoms with E-state index in [1.54, 1.807) is 11.0 Å². The van der Waals surface area contributed by atoms with Gasteiger partial charge >= 0.3 is 0 Å². The third-order valence-electron chi connectivity index (χ3n) is 6.00. The Morgan fingerprint density at radius 1 is 1.00 bits per heavy atom. The van der Waals surface area contributed by atoms with Gasteiger partial charge in [0.05, 0.1) is 16.5 Å². The molecule has 4 rings (SSSR count). The average molecular weight is 448 g/mol. The lowest BCUT2D eigenvalue weighted by atomic mass is 10.1. The Hall–Kier alpha value is -2.05. The molecular weight excluding hydrogens is 422 g/mol. The predicted molar refractivity (Wildman–Crippen MR) is 119 cm³/mol. The summed E-state index contributed by atoms with van der Waals surface area (Å²) in [5.74, 6) is 0.506. The maximum atomic E-state index is 13.1. The zero-order valence-electron chi connectivity index (χ0n) is 16.8. The molecule has 2 fully saturated rings. The number of rotatable bonds is 6. The lowest BCUT2D eigenvalue weighted by Gasteiger charge is -2.34. The Balaban J connectivity index is 1.45. The van der Waals surface area contributed by atoms with Crippen molar-refractivity contribution < 1.29 is 17.9 Å². The van der Waals surface area contributed by atoms with Crippen LogP contribution in [0.1, 0.15) is 32.1 Å². The zero-order valence-corrected chi connectivity index (χ0v) is 18.4. The predicted octanol–water partition coefficient (Wildman–Crippen LogP) is 4.34. The topological polar surface area (TPSA) is 63.7 Å². The van der Waals surface area contributed by atoms with E-state index in [-0.39, 0.29) is 36.1 Å².